The van der Waals surface area contributed by atoms with Crippen LogP contribution in [-0.4, -0.2) is 0 Å². The van der Waals surface area contributed by atoms with Crippen molar-refractivity contribution >= 4 is 16.9 Å². The monoisotopic (exact) mass is 471 g/mol. The second kappa shape index (κ2) is 8.82. The van der Waals surface area contributed by atoms with Gasteiger partial charge >= 0.3 is 0 Å². The third-order valence-electron chi connectivity index (χ3n) is 7.52. The minimum absolute atomic E-state index is 0.0579. The molecular weight excluding hydrogens is 434 g/mol. The van der Waals surface area contributed by atoms with Crippen LogP contribution < -0.4 is 4.90 Å². The van der Waals surface area contributed by atoms with Crippen LogP contribution in [0, 0.1) is 0 Å². The lowest BCUT2D eigenvalue weighted by atomic mass is 9.72. The molecule has 0 bridgehead atoms. The SMILES string of the molecule is CC.CC(C)(C)c1ccc(N(C2=CC(C3=C4C(=C3)c3ccccc3C4(C)C)=C2)c2ccccc2)cc1. The highest BCUT2D eigenvalue weighted by atomic mass is 15.1. The molecule has 0 atom stereocenters. The topological polar surface area (TPSA) is 3.24 Å². The first-order chi connectivity index (χ1) is 17.2. The van der Waals surface area contributed by atoms with Crippen LogP contribution in [0.25, 0.3) is 5.57 Å². The van der Waals surface area contributed by atoms with Crippen LogP contribution in [0.5, 0.6) is 0 Å². The van der Waals surface area contributed by atoms with E-state index in [-0.39, 0.29) is 10.8 Å². The maximum Gasteiger partial charge on any atom is 0.0474 e. The predicted octanol–water partition coefficient (Wildman–Crippen LogP) is 9.66. The number of nitrogens with zero attached hydrogens (tertiary/aromatic N) is 1. The molecule has 0 fully saturated rings. The van der Waals surface area contributed by atoms with E-state index in [1.807, 2.05) is 13.8 Å². The second-order valence-electron chi connectivity index (χ2n) is 11.2. The minimum Gasteiger partial charge on any atom is -0.310 e. The van der Waals surface area contributed by atoms with Gasteiger partial charge in [0.1, 0.15) is 0 Å². The van der Waals surface area contributed by atoms with Crippen molar-refractivity contribution < 1.29 is 0 Å². The van der Waals surface area contributed by atoms with Gasteiger partial charge in [-0.2, -0.15) is 0 Å². The highest BCUT2D eigenvalue weighted by Gasteiger charge is 2.44. The maximum atomic E-state index is 2.38. The normalized spacial score (nSPS) is 16.8. The number of benzene rings is 3. The summed E-state index contributed by atoms with van der Waals surface area (Å²) in [5.41, 5.74) is 13.7. The number of hydrogen-bond acceptors (Lipinski definition) is 1. The Hall–Kier alpha value is -3.58. The molecule has 36 heavy (non-hydrogen) atoms. The van der Waals surface area contributed by atoms with Crippen LogP contribution in [0.4, 0.5) is 11.4 Å². The summed E-state index contributed by atoms with van der Waals surface area (Å²) in [6.45, 7) is 15.5. The Morgan fingerprint density at radius 1 is 0.667 bits per heavy atom. The molecule has 6 rings (SSSR count). The Morgan fingerprint density at radius 3 is 1.89 bits per heavy atom. The molecule has 0 spiro atoms. The molecule has 1 nitrogen and oxygen atoms in total. The third kappa shape index (κ3) is 3.78. The lowest BCUT2D eigenvalue weighted by molar-refractivity contribution is 0.590. The fourth-order valence-corrected chi connectivity index (χ4v) is 5.59. The fourth-order valence-electron chi connectivity index (χ4n) is 5.59. The summed E-state index contributed by atoms with van der Waals surface area (Å²) in [6.07, 6.45) is 7.08. The summed E-state index contributed by atoms with van der Waals surface area (Å²) in [4.78, 5) is 2.36. The molecule has 3 aliphatic carbocycles. The average molecular weight is 472 g/mol. The Bertz CT molecular complexity index is 1420. The van der Waals surface area contributed by atoms with Crippen molar-refractivity contribution in [2.45, 2.75) is 59.3 Å². The average Bonchev–Trinajstić information content (AvgIpc) is 3.00. The summed E-state index contributed by atoms with van der Waals surface area (Å²) >= 11 is 0. The second-order valence-corrected chi connectivity index (χ2v) is 11.2. The van der Waals surface area contributed by atoms with Crippen molar-refractivity contribution in [1.82, 2.24) is 0 Å². The standard InChI is InChI=1S/C33H31N.C2H6/c1-32(2,3)23-15-17-25(18-16-23)34(24-11-7-6-8-12-24)26-19-22(20-26)28-21-29-27-13-9-10-14-30(27)33(4,5)31(28)29;1-2/h6-21H,1-5H3;1-2H3. The van der Waals surface area contributed by atoms with Gasteiger partial charge in [-0.05, 0) is 86.9 Å². The molecule has 0 amide bonds. The van der Waals surface area contributed by atoms with Crippen molar-refractivity contribution in [1.29, 1.82) is 0 Å². The molecule has 3 aliphatic rings. The number of hydrogen-bond donors (Lipinski definition) is 0. The Balaban J connectivity index is 0.00000130. The van der Waals surface area contributed by atoms with Crippen LogP contribution in [0.3, 0.4) is 0 Å². The minimum atomic E-state index is 0.0579. The van der Waals surface area contributed by atoms with E-state index in [2.05, 4.69) is 137 Å². The fraction of sp³-hybridized carbons (Fsp3) is 0.257. The summed E-state index contributed by atoms with van der Waals surface area (Å²) in [5, 5.41) is 0. The van der Waals surface area contributed by atoms with Crippen molar-refractivity contribution in [2.75, 3.05) is 4.90 Å². The first kappa shape index (κ1) is 24.1. The van der Waals surface area contributed by atoms with Crippen LogP contribution in [0.15, 0.2) is 120 Å². The number of para-hydroxylation sites is 1. The van der Waals surface area contributed by atoms with Crippen molar-refractivity contribution in [3.05, 3.63) is 136 Å². The number of rotatable bonds is 4. The van der Waals surface area contributed by atoms with Gasteiger partial charge in [0.2, 0.25) is 0 Å². The molecule has 0 saturated heterocycles. The third-order valence-corrected chi connectivity index (χ3v) is 7.52. The molecule has 0 aliphatic heterocycles. The highest BCUT2D eigenvalue weighted by molar-refractivity contribution is 6.00. The zero-order valence-electron chi connectivity index (χ0n) is 22.7. The molecule has 0 aromatic heterocycles. The van der Waals surface area contributed by atoms with Crippen LogP contribution in [0.1, 0.15) is 65.2 Å². The summed E-state index contributed by atoms with van der Waals surface area (Å²) < 4.78 is 0. The molecule has 3 aromatic rings. The Morgan fingerprint density at radius 2 is 1.25 bits per heavy atom. The molecule has 0 radical (unpaired) electrons. The predicted molar refractivity (Wildman–Crippen MR) is 156 cm³/mol. The van der Waals surface area contributed by atoms with Crippen molar-refractivity contribution in [3.63, 3.8) is 0 Å². The zero-order chi connectivity index (χ0) is 25.7. The highest BCUT2D eigenvalue weighted by Crippen LogP contribution is 2.58. The van der Waals surface area contributed by atoms with E-state index in [1.165, 1.54) is 56.1 Å². The largest absolute Gasteiger partial charge is 0.310 e. The van der Waals surface area contributed by atoms with E-state index in [1.54, 1.807) is 0 Å². The molecule has 1 heteroatoms. The molecule has 0 unspecified atom stereocenters. The van der Waals surface area contributed by atoms with E-state index in [4.69, 9.17) is 0 Å². The Kier molecular flexibility index (Phi) is 5.91. The molecule has 0 N–H and O–H groups in total. The summed E-state index contributed by atoms with van der Waals surface area (Å²) in [7, 11) is 0. The summed E-state index contributed by atoms with van der Waals surface area (Å²) in [6, 6.07) is 28.6. The van der Waals surface area contributed by atoms with E-state index in [9.17, 15) is 0 Å². The van der Waals surface area contributed by atoms with Gasteiger partial charge in [-0.3, -0.25) is 0 Å². The van der Waals surface area contributed by atoms with Crippen LogP contribution in [0.2, 0.25) is 0 Å². The van der Waals surface area contributed by atoms with E-state index in [0.717, 1.165) is 0 Å². The first-order valence-electron chi connectivity index (χ1n) is 13.2. The Labute approximate surface area is 217 Å². The molecule has 3 aromatic carbocycles. The van der Waals surface area contributed by atoms with Gasteiger partial charge in [0.25, 0.3) is 0 Å². The molecular formula is C35H37N. The maximum absolute atomic E-state index is 2.38. The number of anilines is 2. The van der Waals surface area contributed by atoms with Gasteiger partial charge < -0.3 is 4.90 Å². The van der Waals surface area contributed by atoms with Gasteiger partial charge in [0.05, 0.1) is 0 Å². The van der Waals surface area contributed by atoms with Crippen molar-refractivity contribution in [3.8, 4) is 0 Å². The lowest BCUT2D eigenvalue weighted by Gasteiger charge is -2.35. The molecule has 182 valence electrons. The molecule has 0 heterocycles. The first-order valence-corrected chi connectivity index (χ1v) is 13.2. The smallest absolute Gasteiger partial charge is 0.0474 e. The number of fused-ring (bicyclic) bond motifs is 3. The van der Waals surface area contributed by atoms with Gasteiger partial charge in [-0.15, -0.1) is 0 Å². The van der Waals surface area contributed by atoms with E-state index in [0.29, 0.717) is 0 Å². The van der Waals surface area contributed by atoms with E-state index < -0.39 is 0 Å². The zero-order valence-corrected chi connectivity index (χ0v) is 22.7. The van der Waals surface area contributed by atoms with Crippen LogP contribution in [-0.2, 0) is 10.8 Å². The number of allylic oxidation sites excluding steroid dienone is 7. The molecule has 0 saturated carbocycles. The lowest BCUT2D eigenvalue weighted by Crippen LogP contribution is -2.23. The quantitative estimate of drug-likeness (QED) is 0.366. The van der Waals surface area contributed by atoms with Gasteiger partial charge in [-0.1, -0.05) is 103 Å². The van der Waals surface area contributed by atoms with Crippen molar-refractivity contribution in [2.24, 2.45) is 0 Å². The van der Waals surface area contributed by atoms with Gasteiger partial charge in [-0.25, -0.2) is 0 Å². The van der Waals surface area contributed by atoms with Gasteiger partial charge in [0.15, 0.2) is 0 Å². The van der Waals surface area contributed by atoms with Crippen LogP contribution >= 0.6 is 0 Å². The van der Waals surface area contributed by atoms with E-state index >= 15 is 0 Å². The van der Waals surface area contributed by atoms with Gasteiger partial charge in [0, 0.05) is 22.5 Å². The summed E-state index contributed by atoms with van der Waals surface area (Å²) in [5.74, 6) is 0.